The lowest BCUT2D eigenvalue weighted by Crippen LogP contribution is -1.97. The van der Waals surface area contributed by atoms with E-state index in [1.165, 1.54) is 12.1 Å². The van der Waals surface area contributed by atoms with Crippen LogP contribution in [0, 0.1) is 11.6 Å². The molecule has 1 aliphatic rings. The molecule has 1 aliphatic carbocycles. The largest absolute Gasteiger partial charge is 0.294 e. The van der Waals surface area contributed by atoms with Crippen LogP contribution in [-0.2, 0) is 6.42 Å². The highest BCUT2D eigenvalue weighted by Crippen LogP contribution is 2.33. The van der Waals surface area contributed by atoms with Gasteiger partial charge in [0.25, 0.3) is 0 Å². The second-order valence-electron chi connectivity index (χ2n) is 4.39. The van der Waals surface area contributed by atoms with Crippen LogP contribution in [0.3, 0.4) is 0 Å². The molecule has 0 spiro atoms. The van der Waals surface area contributed by atoms with Gasteiger partial charge in [0.15, 0.2) is 5.78 Å². The number of carbonyl (C=O) groups excluding carboxylic acids is 1. The van der Waals surface area contributed by atoms with Gasteiger partial charge in [0, 0.05) is 23.6 Å². The van der Waals surface area contributed by atoms with Gasteiger partial charge in [-0.05, 0) is 29.7 Å². The van der Waals surface area contributed by atoms with Gasteiger partial charge in [-0.2, -0.15) is 0 Å². The predicted octanol–water partition coefficient (Wildman–Crippen LogP) is 3.76. The maximum atomic E-state index is 13.8. The summed E-state index contributed by atoms with van der Waals surface area (Å²) in [5, 5.41) is 0. The summed E-state index contributed by atoms with van der Waals surface area (Å²) in [6, 6.07) is 8.82. The Balaban J connectivity index is 2.24. The van der Waals surface area contributed by atoms with E-state index < -0.39 is 11.6 Å². The second kappa shape index (κ2) is 4.02. The number of hydrogen-bond donors (Lipinski definition) is 0. The molecule has 3 heteroatoms. The topological polar surface area (TPSA) is 17.1 Å². The predicted molar refractivity (Wildman–Crippen MR) is 64.4 cm³/mol. The zero-order chi connectivity index (χ0) is 12.7. The maximum absolute atomic E-state index is 13.8. The molecule has 2 aromatic carbocycles. The van der Waals surface area contributed by atoms with Crippen LogP contribution in [0.2, 0.25) is 0 Å². The molecule has 18 heavy (non-hydrogen) atoms. The number of halogens is 2. The Kier molecular flexibility index (Phi) is 2.47. The molecule has 0 amide bonds. The van der Waals surface area contributed by atoms with Crippen LogP contribution >= 0.6 is 0 Å². The summed E-state index contributed by atoms with van der Waals surface area (Å²) < 4.78 is 26.7. The Bertz CT molecular complexity index is 647. The Morgan fingerprint density at radius 3 is 2.56 bits per heavy atom. The monoisotopic (exact) mass is 244 g/mol. The molecule has 1 nitrogen and oxygen atoms in total. The van der Waals surface area contributed by atoms with Crippen molar-refractivity contribution in [1.82, 2.24) is 0 Å². The molecule has 0 unspecified atom stereocenters. The third-order valence-electron chi connectivity index (χ3n) is 3.27. The summed E-state index contributed by atoms with van der Waals surface area (Å²) in [6.07, 6.45) is 1.17. The van der Waals surface area contributed by atoms with Gasteiger partial charge in [0.1, 0.15) is 11.6 Å². The zero-order valence-corrected chi connectivity index (χ0v) is 9.54. The van der Waals surface area contributed by atoms with Gasteiger partial charge in [-0.25, -0.2) is 8.78 Å². The minimum absolute atomic E-state index is 0.0318. The van der Waals surface area contributed by atoms with E-state index in [9.17, 15) is 13.6 Å². The molecular formula is C15H10F2O. The van der Waals surface area contributed by atoms with Crippen LogP contribution in [0.1, 0.15) is 22.3 Å². The lowest BCUT2D eigenvalue weighted by molar-refractivity contribution is 0.0995. The smallest absolute Gasteiger partial charge is 0.164 e. The second-order valence-corrected chi connectivity index (χ2v) is 4.39. The molecule has 0 heterocycles. The number of carbonyl (C=O) groups is 1. The molecule has 0 atom stereocenters. The van der Waals surface area contributed by atoms with Crippen LogP contribution in [0.5, 0.6) is 0 Å². The number of Topliss-reactive ketones (excluding diaryl/α,β-unsaturated/α-hetero) is 1. The van der Waals surface area contributed by atoms with E-state index in [1.807, 2.05) is 6.07 Å². The highest BCUT2D eigenvalue weighted by atomic mass is 19.1. The quantitative estimate of drug-likeness (QED) is 0.746. The minimum atomic E-state index is -0.636. The lowest BCUT2D eigenvalue weighted by Gasteiger charge is -2.08. The average Bonchev–Trinajstić information content (AvgIpc) is 2.72. The van der Waals surface area contributed by atoms with Crippen molar-refractivity contribution in [2.24, 2.45) is 0 Å². The van der Waals surface area contributed by atoms with Gasteiger partial charge in [0.05, 0.1) is 0 Å². The molecule has 90 valence electrons. The molecule has 0 saturated carbocycles. The van der Waals surface area contributed by atoms with Crippen molar-refractivity contribution >= 4 is 5.78 Å². The van der Waals surface area contributed by atoms with E-state index in [1.54, 1.807) is 12.1 Å². The van der Waals surface area contributed by atoms with E-state index in [0.717, 1.165) is 11.6 Å². The van der Waals surface area contributed by atoms with E-state index in [-0.39, 0.29) is 11.3 Å². The minimum Gasteiger partial charge on any atom is -0.294 e. The number of aryl methyl sites for hydroxylation is 1. The summed E-state index contributed by atoms with van der Waals surface area (Å²) in [6.45, 7) is 0. The lowest BCUT2D eigenvalue weighted by atomic mass is 9.96. The van der Waals surface area contributed by atoms with E-state index in [2.05, 4.69) is 0 Å². The van der Waals surface area contributed by atoms with Gasteiger partial charge in [-0.3, -0.25) is 4.79 Å². The summed E-state index contributed by atoms with van der Waals surface area (Å²) in [7, 11) is 0. The maximum Gasteiger partial charge on any atom is 0.164 e. The summed E-state index contributed by atoms with van der Waals surface area (Å²) >= 11 is 0. The molecule has 0 aromatic heterocycles. The number of ketones is 1. The first-order valence-electron chi connectivity index (χ1n) is 5.77. The van der Waals surface area contributed by atoms with Gasteiger partial charge in [0.2, 0.25) is 0 Å². The van der Waals surface area contributed by atoms with Crippen molar-refractivity contribution in [1.29, 1.82) is 0 Å². The van der Waals surface area contributed by atoms with Crippen LogP contribution < -0.4 is 0 Å². The Morgan fingerprint density at radius 2 is 1.78 bits per heavy atom. The molecule has 0 bridgehead atoms. The molecule has 3 rings (SSSR count). The Morgan fingerprint density at radius 1 is 0.944 bits per heavy atom. The van der Waals surface area contributed by atoms with E-state index in [4.69, 9.17) is 0 Å². The molecule has 0 saturated heterocycles. The third-order valence-corrected chi connectivity index (χ3v) is 3.27. The number of benzene rings is 2. The SMILES string of the molecule is O=C1CCc2cccc(-c3ccc(F)cc3F)c21. The first-order valence-corrected chi connectivity index (χ1v) is 5.77. The van der Waals surface area contributed by atoms with E-state index >= 15 is 0 Å². The van der Waals surface area contributed by atoms with Crippen LogP contribution in [0.25, 0.3) is 11.1 Å². The van der Waals surface area contributed by atoms with Crippen LogP contribution in [0.15, 0.2) is 36.4 Å². The van der Waals surface area contributed by atoms with Gasteiger partial charge < -0.3 is 0 Å². The van der Waals surface area contributed by atoms with Crippen LogP contribution in [-0.4, -0.2) is 5.78 Å². The Labute approximate surface area is 103 Å². The first kappa shape index (κ1) is 11.1. The van der Waals surface area contributed by atoms with Gasteiger partial charge >= 0.3 is 0 Å². The summed E-state index contributed by atoms with van der Waals surface area (Å²) in [5.74, 6) is -1.22. The van der Waals surface area contributed by atoms with Crippen molar-refractivity contribution in [2.45, 2.75) is 12.8 Å². The fourth-order valence-corrected chi connectivity index (χ4v) is 2.44. The van der Waals surface area contributed by atoms with Crippen molar-refractivity contribution in [3.05, 3.63) is 59.2 Å². The molecule has 0 N–H and O–H groups in total. The van der Waals surface area contributed by atoms with Crippen molar-refractivity contribution < 1.29 is 13.6 Å². The molecular weight excluding hydrogens is 234 g/mol. The first-order chi connectivity index (χ1) is 8.66. The molecule has 0 aliphatic heterocycles. The van der Waals surface area contributed by atoms with Gasteiger partial charge in [-0.15, -0.1) is 0 Å². The van der Waals surface area contributed by atoms with Gasteiger partial charge in [-0.1, -0.05) is 18.2 Å². The van der Waals surface area contributed by atoms with Crippen molar-refractivity contribution in [2.75, 3.05) is 0 Å². The standard InChI is InChI=1S/C15H10F2O/c16-10-5-6-11(13(17)8-10)12-3-1-2-9-4-7-14(18)15(9)12/h1-3,5-6,8H,4,7H2. The highest BCUT2D eigenvalue weighted by molar-refractivity contribution is 6.06. The summed E-state index contributed by atoms with van der Waals surface area (Å²) in [5.41, 5.74) is 2.38. The van der Waals surface area contributed by atoms with E-state index in [0.29, 0.717) is 24.0 Å². The fraction of sp³-hybridized carbons (Fsp3) is 0.133. The van der Waals surface area contributed by atoms with Crippen molar-refractivity contribution in [3.8, 4) is 11.1 Å². The number of rotatable bonds is 1. The third kappa shape index (κ3) is 1.63. The fourth-order valence-electron chi connectivity index (χ4n) is 2.44. The Hall–Kier alpha value is -2.03. The zero-order valence-electron chi connectivity index (χ0n) is 9.54. The molecule has 2 aromatic rings. The van der Waals surface area contributed by atoms with Crippen molar-refractivity contribution in [3.63, 3.8) is 0 Å². The number of hydrogen-bond acceptors (Lipinski definition) is 1. The highest BCUT2D eigenvalue weighted by Gasteiger charge is 2.24. The number of fused-ring (bicyclic) bond motifs is 1. The molecule has 0 fully saturated rings. The molecule has 0 radical (unpaired) electrons. The summed E-state index contributed by atoms with van der Waals surface area (Å²) in [4.78, 5) is 11.8. The average molecular weight is 244 g/mol. The normalized spacial score (nSPS) is 13.8. The van der Waals surface area contributed by atoms with Crippen LogP contribution in [0.4, 0.5) is 8.78 Å².